The molecule has 1 atom stereocenters. The van der Waals surface area contributed by atoms with Gasteiger partial charge in [-0.3, -0.25) is 9.69 Å². The van der Waals surface area contributed by atoms with Crippen LogP contribution in [0.25, 0.3) is 0 Å². The topological polar surface area (TPSA) is 71.3 Å². The van der Waals surface area contributed by atoms with Crippen LogP contribution in [0, 0.1) is 5.92 Å². The first-order chi connectivity index (χ1) is 11.3. The number of alkyl halides is 3. The Morgan fingerprint density at radius 3 is 2.67 bits per heavy atom. The minimum Gasteiger partial charge on any atom is -0.347 e. The molecule has 0 aromatic carbocycles. The van der Waals surface area contributed by atoms with Gasteiger partial charge in [0, 0.05) is 12.3 Å². The molecule has 1 aliphatic rings. The molecule has 9 heteroatoms. The van der Waals surface area contributed by atoms with Crippen molar-refractivity contribution < 1.29 is 22.5 Å². The number of likely N-dealkylation sites (tertiary alicyclic amines) is 1. The van der Waals surface area contributed by atoms with E-state index in [4.69, 9.17) is 4.52 Å². The predicted molar refractivity (Wildman–Crippen MR) is 80.1 cm³/mol. The average molecular weight is 348 g/mol. The number of amides is 1. The molecule has 1 amide bonds. The zero-order chi connectivity index (χ0) is 17.7. The molecule has 0 bridgehead atoms. The first-order valence-electron chi connectivity index (χ1n) is 8.21. The van der Waals surface area contributed by atoms with E-state index in [9.17, 15) is 18.0 Å². The number of carbonyl (C=O) groups excluding carboxylic acids is 1. The highest BCUT2D eigenvalue weighted by Crippen LogP contribution is 2.26. The maximum atomic E-state index is 12.1. The summed E-state index contributed by atoms with van der Waals surface area (Å²) in [4.78, 5) is 18.3. The highest BCUT2D eigenvalue weighted by Gasteiger charge is 2.32. The van der Waals surface area contributed by atoms with Crippen molar-refractivity contribution in [3.05, 3.63) is 11.7 Å². The van der Waals surface area contributed by atoms with Crippen molar-refractivity contribution in [2.45, 2.75) is 51.7 Å². The van der Waals surface area contributed by atoms with Crippen LogP contribution in [0.3, 0.4) is 0 Å². The van der Waals surface area contributed by atoms with Crippen molar-refractivity contribution in [1.29, 1.82) is 0 Å². The first kappa shape index (κ1) is 18.7. The molecule has 1 aliphatic heterocycles. The Kier molecular flexibility index (Phi) is 6.20. The zero-order valence-electron chi connectivity index (χ0n) is 13.9. The third-order valence-electron chi connectivity index (χ3n) is 4.23. The Bertz CT molecular complexity index is 539. The fourth-order valence-corrected chi connectivity index (χ4v) is 2.80. The molecule has 0 spiro atoms. The molecule has 6 nitrogen and oxygen atoms in total. The molecule has 136 valence electrons. The predicted octanol–water partition coefficient (Wildman–Crippen LogP) is 2.47. The van der Waals surface area contributed by atoms with Crippen LogP contribution in [0.15, 0.2) is 4.52 Å². The lowest BCUT2D eigenvalue weighted by Crippen LogP contribution is -2.43. The van der Waals surface area contributed by atoms with Gasteiger partial charge in [0.2, 0.25) is 11.8 Å². The fraction of sp³-hybridized carbons (Fsp3) is 0.800. The second kappa shape index (κ2) is 7.96. The lowest BCUT2D eigenvalue weighted by Gasteiger charge is -2.33. The Labute approximate surface area is 138 Å². The van der Waals surface area contributed by atoms with Gasteiger partial charge in [0.25, 0.3) is 0 Å². The standard InChI is InChI=1S/C15H23F3N4O2/c1-3-4-12-20-14(24-21-12)10(2)22-7-5-11(6-8-22)13(23)19-9-15(16,17)18/h10-11H,3-9H2,1-2H3,(H,19,23). The van der Waals surface area contributed by atoms with Crippen LogP contribution in [0.1, 0.15) is 50.9 Å². The summed E-state index contributed by atoms with van der Waals surface area (Å²) in [6.07, 6.45) is -1.64. The third-order valence-corrected chi connectivity index (χ3v) is 4.23. The Morgan fingerprint density at radius 2 is 2.08 bits per heavy atom. The number of hydrogen-bond acceptors (Lipinski definition) is 5. The van der Waals surface area contributed by atoms with E-state index in [2.05, 4.69) is 15.0 Å². The van der Waals surface area contributed by atoms with E-state index >= 15 is 0 Å². The van der Waals surface area contributed by atoms with Gasteiger partial charge in [-0.25, -0.2) is 0 Å². The number of carbonyl (C=O) groups is 1. The number of piperidine rings is 1. The van der Waals surface area contributed by atoms with Crippen molar-refractivity contribution in [2.24, 2.45) is 5.92 Å². The quantitative estimate of drug-likeness (QED) is 0.855. The van der Waals surface area contributed by atoms with Crippen LogP contribution in [0.5, 0.6) is 0 Å². The number of nitrogens with zero attached hydrogens (tertiary/aromatic N) is 3. The molecule has 1 N–H and O–H groups in total. The summed E-state index contributed by atoms with van der Waals surface area (Å²) in [6.45, 7) is 3.93. The van der Waals surface area contributed by atoms with Crippen molar-refractivity contribution in [3.63, 3.8) is 0 Å². The van der Waals surface area contributed by atoms with Crippen LogP contribution < -0.4 is 5.32 Å². The molecule has 1 aromatic rings. The van der Waals surface area contributed by atoms with Gasteiger partial charge >= 0.3 is 6.18 Å². The van der Waals surface area contributed by atoms with Crippen molar-refractivity contribution in [3.8, 4) is 0 Å². The highest BCUT2D eigenvalue weighted by molar-refractivity contribution is 5.78. The number of rotatable bonds is 6. The largest absolute Gasteiger partial charge is 0.405 e. The van der Waals surface area contributed by atoms with Gasteiger partial charge in [-0.05, 0) is 39.3 Å². The summed E-state index contributed by atoms with van der Waals surface area (Å²) in [5, 5.41) is 5.89. The first-order valence-corrected chi connectivity index (χ1v) is 8.21. The van der Waals surface area contributed by atoms with Crippen molar-refractivity contribution in [2.75, 3.05) is 19.6 Å². The summed E-state index contributed by atoms with van der Waals surface area (Å²) >= 11 is 0. The van der Waals surface area contributed by atoms with Crippen LogP contribution >= 0.6 is 0 Å². The normalized spacial score (nSPS) is 18.5. The molecule has 0 saturated carbocycles. The number of halogens is 3. The molecule has 0 aliphatic carbocycles. The number of hydrogen-bond donors (Lipinski definition) is 1. The SMILES string of the molecule is CCCc1noc(C(C)N2CCC(C(=O)NCC(F)(F)F)CC2)n1. The molecule has 0 radical (unpaired) electrons. The number of aromatic nitrogens is 2. The second-order valence-corrected chi connectivity index (χ2v) is 6.12. The Morgan fingerprint density at radius 1 is 1.42 bits per heavy atom. The van der Waals surface area contributed by atoms with E-state index in [-0.39, 0.29) is 12.0 Å². The molecule has 1 fully saturated rings. The van der Waals surface area contributed by atoms with Crippen LogP contribution in [0.4, 0.5) is 13.2 Å². The van der Waals surface area contributed by atoms with E-state index in [0.717, 1.165) is 12.8 Å². The maximum Gasteiger partial charge on any atom is 0.405 e. The Hall–Kier alpha value is -1.64. The van der Waals surface area contributed by atoms with E-state index < -0.39 is 18.6 Å². The van der Waals surface area contributed by atoms with Gasteiger partial charge in [0.05, 0.1) is 6.04 Å². The second-order valence-electron chi connectivity index (χ2n) is 6.12. The van der Waals surface area contributed by atoms with E-state index in [0.29, 0.717) is 37.6 Å². The third kappa shape index (κ3) is 5.19. The van der Waals surface area contributed by atoms with Gasteiger partial charge in [-0.15, -0.1) is 0 Å². The van der Waals surface area contributed by atoms with Crippen LogP contribution in [0.2, 0.25) is 0 Å². The lowest BCUT2D eigenvalue weighted by atomic mass is 9.95. The molecule has 1 saturated heterocycles. The molecule has 24 heavy (non-hydrogen) atoms. The average Bonchev–Trinajstić information content (AvgIpc) is 3.00. The summed E-state index contributed by atoms with van der Waals surface area (Å²) < 4.78 is 41.7. The van der Waals surface area contributed by atoms with Gasteiger partial charge in [0.15, 0.2) is 5.82 Å². The number of aryl methyl sites for hydroxylation is 1. The van der Waals surface area contributed by atoms with Gasteiger partial charge in [0.1, 0.15) is 6.54 Å². The minimum absolute atomic E-state index is 0.0673. The van der Waals surface area contributed by atoms with Crippen molar-refractivity contribution in [1.82, 2.24) is 20.4 Å². The molecular formula is C15H23F3N4O2. The number of nitrogens with one attached hydrogen (secondary N) is 1. The van der Waals surface area contributed by atoms with E-state index in [1.807, 2.05) is 19.2 Å². The van der Waals surface area contributed by atoms with E-state index in [1.165, 1.54) is 0 Å². The van der Waals surface area contributed by atoms with Gasteiger partial charge < -0.3 is 9.84 Å². The lowest BCUT2D eigenvalue weighted by molar-refractivity contribution is -0.141. The molecule has 1 unspecified atom stereocenters. The minimum atomic E-state index is -4.38. The maximum absolute atomic E-state index is 12.1. The molecule has 2 rings (SSSR count). The van der Waals surface area contributed by atoms with Crippen LogP contribution in [-0.4, -0.2) is 46.8 Å². The zero-order valence-corrected chi connectivity index (χ0v) is 13.9. The summed E-state index contributed by atoms with van der Waals surface area (Å²) in [6, 6.07) is -0.0673. The monoisotopic (exact) mass is 348 g/mol. The van der Waals surface area contributed by atoms with Crippen molar-refractivity contribution >= 4 is 5.91 Å². The fourth-order valence-electron chi connectivity index (χ4n) is 2.80. The molecule has 1 aromatic heterocycles. The van der Waals surface area contributed by atoms with Gasteiger partial charge in [-0.1, -0.05) is 12.1 Å². The molecular weight excluding hydrogens is 325 g/mol. The smallest absolute Gasteiger partial charge is 0.347 e. The highest BCUT2D eigenvalue weighted by atomic mass is 19.4. The summed E-state index contributed by atoms with van der Waals surface area (Å²) in [5.41, 5.74) is 0. The molecule has 2 heterocycles. The summed E-state index contributed by atoms with van der Waals surface area (Å²) in [5.74, 6) is 0.316. The van der Waals surface area contributed by atoms with E-state index in [1.54, 1.807) is 0 Å². The van der Waals surface area contributed by atoms with Gasteiger partial charge in [-0.2, -0.15) is 18.2 Å². The Balaban J connectivity index is 1.82. The summed E-state index contributed by atoms with van der Waals surface area (Å²) in [7, 11) is 0. The van der Waals surface area contributed by atoms with Crippen LogP contribution in [-0.2, 0) is 11.2 Å².